The van der Waals surface area contributed by atoms with Crippen molar-refractivity contribution < 1.29 is 14.9 Å². The molecule has 0 radical (unpaired) electrons. The normalized spacial score (nSPS) is 12.3. The van der Waals surface area contributed by atoms with Crippen molar-refractivity contribution in [3.8, 4) is 16.9 Å². The fourth-order valence-corrected chi connectivity index (χ4v) is 2.56. The molecule has 0 saturated heterocycles. The maximum atomic E-state index is 9.77. The van der Waals surface area contributed by atoms with E-state index in [-0.39, 0.29) is 13.2 Å². The Balaban J connectivity index is 1.73. The summed E-state index contributed by atoms with van der Waals surface area (Å²) in [6.45, 7) is 1.58. The Morgan fingerprint density at radius 2 is 1.95 bits per heavy atom. The lowest BCUT2D eigenvalue weighted by Crippen LogP contribution is -2.32. The number of rotatable bonds is 9. The minimum absolute atomic E-state index is 0.163. The fourth-order valence-electron chi connectivity index (χ4n) is 1.90. The molecule has 0 amide bonds. The predicted molar refractivity (Wildman–Crippen MR) is 85.8 cm³/mol. The van der Waals surface area contributed by atoms with Crippen LogP contribution in [-0.4, -0.2) is 42.6 Å². The van der Waals surface area contributed by atoms with Gasteiger partial charge in [0.15, 0.2) is 0 Å². The second kappa shape index (κ2) is 8.79. The second-order valence-electron chi connectivity index (χ2n) is 4.78. The number of nitrogens with one attached hydrogen (secondary N) is 1. The average Bonchev–Trinajstić information content (AvgIpc) is 3.04. The molecule has 1 unspecified atom stereocenters. The van der Waals surface area contributed by atoms with E-state index in [0.29, 0.717) is 19.5 Å². The molecule has 0 saturated carbocycles. The number of hydrogen-bond acceptors (Lipinski definition) is 5. The summed E-state index contributed by atoms with van der Waals surface area (Å²) in [4.78, 5) is 0. The van der Waals surface area contributed by atoms with Crippen molar-refractivity contribution in [2.24, 2.45) is 0 Å². The summed E-state index contributed by atoms with van der Waals surface area (Å²) in [5.41, 5.74) is 2.37. The molecule has 0 aliphatic rings. The van der Waals surface area contributed by atoms with Gasteiger partial charge in [-0.25, -0.2) is 0 Å². The first-order valence-corrected chi connectivity index (χ1v) is 7.99. The van der Waals surface area contributed by atoms with Crippen molar-refractivity contribution in [2.45, 2.75) is 12.5 Å². The predicted octanol–water partition coefficient (Wildman–Crippen LogP) is 2.13. The topological polar surface area (TPSA) is 61.7 Å². The second-order valence-corrected chi connectivity index (χ2v) is 5.56. The van der Waals surface area contributed by atoms with Crippen molar-refractivity contribution in [2.75, 3.05) is 26.3 Å². The van der Waals surface area contributed by atoms with Gasteiger partial charge in [-0.15, -0.1) is 0 Å². The van der Waals surface area contributed by atoms with Gasteiger partial charge in [0.2, 0.25) is 0 Å². The quantitative estimate of drug-likeness (QED) is 0.621. The monoisotopic (exact) mass is 307 g/mol. The minimum Gasteiger partial charge on any atom is -0.491 e. The lowest BCUT2D eigenvalue weighted by molar-refractivity contribution is 0.106. The van der Waals surface area contributed by atoms with Crippen LogP contribution in [0, 0.1) is 0 Å². The van der Waals surface area contributed by atoms with E-state index in [0.717, 1.165) is 11.3 Å². The van der Waals surface area contributed by atoms with E-state index < -0.39 is 6.10 Å². The first kappa shape index (κ1) is 16.0. The van der Waals surface area contributed by atoms with Gasteiger partial charge in [-0.2, -0.15) is 11.3 Å². The van der Waals surface area contributed by atoms with E-state index in [1.807, 2.05) is 24.3 Å². The minimum atomic E-state index is -0.555. The van der Waals surface area contributed by atoms with E-state index >= 15 is 0 Å². The number of ether oxygens (including phenoxy) is 1. The molecule has 0 bridgehead atoms. The standard InChI is InChI=1S/C16H21NO3S/c18-8-1-7-17-10-15(19)11-20-16-4-2-13(3-5-16)14-6-9-21-12-14/h2-6,9,12,15,17-19H,1,7-8,10-11H2. The Bertz CT molecular complexity index is 499. The molecule has 1 heterocycles. The summed E-state index contributed by atoms with van der Waals surface area (Å²) in [5.74, 6) is 0.753. The molecule has 0 aliphatic carbocycles. The molecule has 2 aromatic rings. The first-order chi connectivity index (χ1) is 10.3. The van der Waals surface area contributed by atoms with E-state index in [9.17, 15) is 5.11 Å². The molecular weight excluding hydrogens is 286 g/mol. The Morgan fingerprint density at radius 1 is 1.14 bits per heavy atom. The molecule has 2 rings (SSSR count). The van der Waals surface area contributed by atoms with Gasteiger partial charge < -0.3 is 20.3 Å². The van der Waals surface area contributed by atoms with Crippen molar-refractivity contribution in [1.82, 2.24) is 5.32 Å². The summed E-state index contributed by atoms with van der Waals surface area (Å²) < 4.78 is 5.56. The number of benzene rings is 1. The van der Waals surface area contributed by atoms with Crippen molar-refractivity contribution >= 4 is 11.3 Å². The molecular formula is C16H21NO3S. The lowest BCUT2D eigenvalue weighted by atomic mass is 10.1. The van der Waals surface area contributed by atoms with Gasteiger partial charge in [0, 0.05) is 13.2 Å². The van der Waals surface area contributed by atoms with Crippen LogP contribution < -0.4 is 10.1 Å². The van der Waals surface area contributed by atoms with Gasteiger partial charge in [0.25, 0.3) is 0 Å². The molecule has 4 nitrogen and oxygen atoms in total. The smallest absolute Gasteiger partial charge is 0.119 e. The molecule has 0 aliphatic heterocycles. The lowest BCUT2D eigenvalue weighted by Gasteiger charge is -2.13. The van der Waals surface area contributed by atoms with Crippen LogP contribution in [0.1, 0.15) is 6.42 Å². The number of thiophene rings is 1. The highest BCUT2D eigenvalue weighted by Crippen LogP contribution is 2.24. The summed E-state index contributed by atoms with van der Waals surface area (Å²) in [7, 11) is 0. The Labute approximate surface area is 129 Å². The molecule has 21 heavy (non-hydrogen) atoms. The molecule has 1 aromatic heterocycles. The third-order valence-electron chi connectivity index (χ3n) is 3.04. The molecule has 114 valence electrons. The Kier molecular flexibility index (Phi) is 6.69. The number of aliphatic hydroxyl groups is 2. The zero-order valence-electron chi connectivity index (χ0n) is 11.9. The van der Waals surface area contributed by atoms with Gasteiger partial charge in [0.05, 0.1) is 0 Å². The number of aliphatic hydroxyl groups excluding tert-OH is 2. The molecule has 1 aromatic carbocycles. The first-order valence-electron chi connectivity index (χ1n) is 7.04. The van der Waals surface area contributed by atoms with Gasteiger partial charge in [-0.05, 0) is 53.1 Å². The summed E-state index contributed by atoms with van der Waals surface area (Å²) in [6, 6.07) is 9.95. The zero-order chi connectivity index (χ0) is 14.9. The maximum absolute atomic E-state index is 9.77. The largest absolute Gasteiger partial charge is 0.491 e. The Morgan fingerprint density at radius 3 is 2.62 bits per heavy atom. The van der Waals surface area contributed by atoms with Crippen LogP contribution in [0.4, 0.5) is 0 Å². The van der Waals surface area contributed by atoms with E-state index in [1.165, 1.54) is 5.56 Å². The zero-order valence-corrected chi connectivity index (χ0v) is 12.7. The molecule has 0 fully saturated rings. The van der Waals surface area contributed by atoms with Crippen LogP contribution in [0.5, 0.6) is 5.75 Å². The fraction of sp³-hybridized carbons (Fsp3) is 0.375. The third kappa shape index (κ3) is 5.47. The van der Waals surface area contributed by atoms with Crippen LogP contribution in [0.15, 0.2) is 41.1 Å². The highest BCUT2D eigenvalue weighted by Gasteiger charge is 2.05. The maximum Gasteiger partial charge on any atom is 0.119 e. The van der Waals surface area contributed by atoms with E-state index in [2.05, 4.69) is 22.1 Å². The molecule has 0 spiro atoms. The van der Waals surface area contributed by atoms with Crippen LogP contribution in [0.3, 0.4) is 0 Å². The highest BCUT2D eigenvalue weighted by molar-refractivity contribution is 7.08. The van der Waals surface area contributed by atoms with Crippen LogP contribution >= 0.6 is 11.3 Å². The molecule has 1 atom stereocenters. The molecule has 5 heteroatoms. The van der Waals surface area contributed by atoms with Crippen LogP contribution in [-0.2, 0) is 0 Å². The van der Waals surface area contributed by atoms with E-state index in [1.54, 1.807) is 11.3 Å². The molecule has 3 N–H and O–H groups in total. The van der Waals surface area contributed by atoms with Gasteiger partial charge >= 0.3 is 0 Å². The van der Waals surface area contributed by atoms with Gasteiger partial charge in [-0.3, -0.25) is 0 Å². The van der Waals surface area contributed by atoms with Gasteiger partial charge in [0.1, 0.15) is 18.5 Å². The van der Waals surface area contributed by atoms with Gasteiger partial charge in [-0.1, -0.05) is 12.1 Å². The Hall–Kier alpha value is -1.40. The van der Waals surface area contributed by atoms with Crippen LogP contribution in [0.25, 0.3) is 11.1 Å². The summed E-state index contributed by atoms with van der Waals surface area (Å²) in [5, 5.41) is 25.6. The third-order valence-corrected chi connectivity index (χ3v) is 3.73. The number of hydrogen-bond donors (Lipinski definition) is 3. The van der Waals surface area contributed by atoms with Crippen molar-refractivity contribution in [1.29, 1.82) is 0 Å². The average molecular weight is 307 g/mol. The summed E-state index contributed by atoms with van der Waals surface area (Å²) >= 11 is 1.68. The van der Waals surface area contributed by atoms with Crippen LogP contribution in [0.2, 0.25) is 0 Å². The van der Waals surface area contributed by atoms with Crippen molar-refractivity contribution in [3.05, 3.63) is 41.1 Å². The summed E-state index contributed by atoms with van der Waals surface area (Å²) in [6.07, 6.45) is 0.137. The SMILES string of the molecule is OCCCNCC(O)COc1ccc(-c2ccsc2)cc1. The van der Waals surface area contributed by atoms with Crippen molar-refractivity contribution in [3.63, 3.8) is 0 Å². The van der Waals surface area contributed by atoms with E-state index in [4.69, 9.17) is 9.84 Å². The highest BCUT2D eigenvalue weighted by atomic mass is 32.1.